The van der Waals surface area contributed by atoms with Crippen LogP contribution >= 0.6 is 39.1 Å². The molecule has 25 heavy (non-hydrogen) atoms. The number of carbonyl (C=O) groups is 1. The summed E-state index contributed by atoms with van der Waals surface area (Å²) in [5.41, 5.74) is -0.271. The Hall–Kier alpha value is -2.05. The topological polar surface area (TPSA) is 76.7 Å². The van der Waals surface area contributed by atoms with Gasteiger partial charge < -0.3 is 5.32 Å². The number of carbonyl (C=O) groups excluding carboxylic acids is 1. The van der Waals surface area contributed by atoms with E-state index >= 15 is 0 Å². The van der Waals surface area contributed by atoms with E-state index in [2.05, 4.69) is 21.2 Å². The molecule has 0 bridgehead atoms. The van der Waals surface area contributed by atoms with Gasteiger partial charge in [0.1, 0.15) is 0 Å². The standard InChI is InChI=1S/C18H10BrCl2N3O/c19-10-1-4-12(5-2-10)24-17(25)16-15(18(16,8-22)9-23)13-6-3-11(20)7-14(13)21/h1-7,15-16H,(H,24,25). The van der Waals surface area contributed by atoms with Crippen LogP contribution in [0.3, 0.4) is 0 Å². The highest BCUT2D eigenvalue weighted by atomic mass is 79.9. The minimum atomic E-state index is -1.43. The van der Waals surface area contributed by atoms with Crippen molar-refractivity contribution in [3.63, 3.8) is 0 Å². The quantitative estimate of drug-likeness (QED) is 0.726. The summed E-state index contributed by atoms with van der Waals surface area (Å²) in [6.07, 6.45) is 0. The molecular formula is C18H10BrCl2N3O. The zero-order chi connectivity index (χ0) is 18.2. The number of halogens is 3. The fraction of sp³-hybridized carbons (Fsp3) is 0.167. The van der Waals surface area contributed by atoms with Gasteiger partial charge in [-0.25, -0.2) is 0 Å². The Morgan fingerprint density at radius 3 is 2.32 bits per heavy atom. The summed E-state index contributed by atoms with van der Waals surface area (Å²) in [4.78, 5) is 12.7. The molecule has 1 aliphatic rings. The first-order valence-corrected chi connectivity index (χ1v) is 8.81. The lowest BCUT2D eigenvalue weighted by atomic mass is 10.0. The molecule has 3 rings (SSSR count). The Labute approximate surface area is 163 Å². The van der Waals surface area contributed by atoms with Crippen molar-refractivity contribution >= 4 is 50.7 Å². The van der Waals surface area contributed by atoms with E-state index in [1.54, 1.807) is 42.5 Å². The van der Waals surface area contributed by atoms with Crippen LogP contribution in [0.1, 0.15) is 11.5 Å². The molecule has 0 aliphatic heterocycles. The zero-order valence-corrected chi connectivity index (χ0v) is 15.7. The molecule has 7 heteroatoms. The van der Waals surface area contributed by atoms with Crippen molar-refractivity contribution in [2.75, 3.05) is 5.32 Å². The maximum atomic E-state index is 12.7. The number of benzene rings is 2. The molecule has 2 aromatic carbocycles. The van der Waals surface area contributed by atoms with Crippen LogP contribution in [0.2, 0.25) is 10.0 Å². The van der Waals surface area contributed by atoms with Gasteiger partial charge in [0.25, 0.3) is 0 Å². The number of nitrogens with one attached hydrogen (secondary N) is 1. The third-order valence-electron chi connectivity index (χ3n) is 4.27. The second-order valence-corrected chi connectivity index (χ2v) is 7.47. The fourth-order valence-electron chi connectivity index (χ4n) is 2.98. The Morgan fingerprint density at radius 1 is 1.12 bits per heavy atom. The molecule has 2 unspecified atom stereocenters. The largest absolute Gasteiger partial charge is 0.326 e. The maximum Gasteiger partial charge on any atom is 0.230 e. The van der Waals surface area contributed by atoms with Crippen molar-refractivity contribution in [1.29, 1.82) is 10.5 Å². The van der Waals surface area contributed by atoms with Crippen LogP contribution in [0.5, 0.6) is 0 Å². The summed E-state index contributed by atoms with van der Waals surface area (Å²) in [5, 5.41) is 22.6. The summed E-state index contributed by atoms with van der Waals surface area (Å²) < 4.78 is 0.881. The highest BCUT2D eigenvalue weighted by molar-refractivity contribution is 9.10. The number of nitrogens with zero attached hydrogens (tertiary/aromatic N) is 2. The second kappa shape index (κ2) is 6.69. The molecule has 0 heterocycles. The van der Waals surface area contributed by atoms with Crippen LogP contribution in [0.25, 0.3) is 0 Å². The lowest BCUT2D eigenvalue weighted by molar-refractivity contribution is -0.117. The number of rotatable bonds is 3. The first-order valence-electron chi connectivity index (χ1n) is 7.27. The van der Waals surface area contributed by atoms with Crippen molar-refractivity contribution in [3.05, 3.63) is 62.5 Å². The summed E-state index contributed by atoms with van der Waals surface area (Å²) in [6.45, 7) is 0. The van der Waals surface area contributed by atoms with E-state index < -0.39 is 17.3 Å². The van der Waals surface area contributed by atoms with Gasteiger partial charge in [-0.2, -0.15) is 10.5 Å². The first kappa shape index (κ1) is 17.8. The Balaban J connectivity index is 1.91. The smallest absolute Gasteiger partial charge is 0.230 e. The average Bonchev–Trinajstić information content (AvgIpc) is 3.26. The molecule has 0 saturated heterocycles. The van der Waals surface area contributed by atoms with E-state index in [-0.39, 0.29) is 5.91 Å². The molecule has 1 aliphatic carbocycles. The van der Waals surface area contributed by atoms with Crippen LogP contribution in [0, 0.1) is 34.0 Å². The third kappa shape index (κ3) is 3.12. The van der Waals surface area contributed by atoms with Crippen molar-refractivity contribution in [2.45, 2.75) is 5.92 Å². The first-order chi connectivity index (χ1) is 11.9. The molecule has 1 saturated carbocycles. The molecule has 0 radical (unpaired) electrons. The molecular weight excluding hydrogens is 425 g/mol. The van der Waals surface area contributed by atoms with Crippen molar-refractivity contribution < 1.29 is 4.79 Å². The van der Waals surface area contributed by atoms with Gasteiger partial charge in [-0.05, 0) is 42.0 Å². The second-order valence-electron chi connectivity index (χ2n) is 5.71. The number of amides is 1. The highest BCUT2D eigenvalue weighted by Crippen LogP contribution is 2.65. The molecule has 2 atom stereocenters. The van der Waals surface area contributed by atoms with Gasteiger partial charge in [-0.1, -0.05) is 45.2 Å². The van der Waals surface area contributed by atoms with Crippen LogP contribution in [0.15, 0.2) is 46.9 Å². The SMILES string of the molecule is N#CC1(C#N)C(C(=O)Nc2ccc(Br)cc2)C1c1ccc(Cl)cc1Cl. The molecule has 124 valence electrons. The van der Waals surface area contributed by atoms with Crippen LogP contribution in [-0.4, -0.2) is 5.91 Å². The molecule has 1 amide bonds. The highest BCUT2D eigenvalue weighted by Gasteiger charge is 2.71. The van der Waals surface area contributed by atoms with E-state index in [4.69, 9.17) is 23.2 Å². The van der Waals surface area contributed by atoms with Gasteiger partial charge >= 0.3 is 0 Å². The molecule has 0 aromatic heterocycles. The summed E-state index contributed by atoms with van der Waals surface area (Å²) in [5.74, 6) is -1.78. The normalized spacial score (nSPS) is 20.2. The molecule has 4 nitrogen and oxygen atoms in total. The fourth-order valence-corrected chi connectivity index (χ4v) is 3.77. The van der Waals surface area contributed by atoms with E-state index in [1.165, 1.54) is 0 Å². The summed E-state index contributed by atoms with van der Waals surface area (Å²) in [6, 6.07) is 15.9. The van der Waals surface area contributed by atoms with Gasteiger partial charge in [0.2, 0.25) is 5.91 Å². The number of hydrogen-bond acceptors (Lipinski definition) is 3. The van der Waals surface area contributed by atoms with Crippen molar-refractivity contribution in [3.8, 4) is 12.1 Å². The van der Waals surface area contributed by atoms with Crippen LogP contribution in [-0.2, 0) is 4.79 Å². The lowest BCUT2D eigenvalue weighted by Gasteiger charge is -2.06. The Bertz CT molecular complexity index is 917. The number of hydrogen-bond donors (Lipinski definition) is 1. The van der Waals surface area contributed by atoms with E-state index in [0.717, 1.165) is 4.47 Å². The van der Waals surface area contributed by atoms with Gasteiger partial charge in [0, 0.05) is 26.1 Å². The average molecular weight is 435 g/mol. The summed E-state index contributed by atoms with van der Waals surface area (Å²) >= 11 is 15.4. The minimum absolute atomic E-state index is 0.339. The summed E-state index contributed by atoms with van der Waals surface area (Å²) in [7, 11) is 0. The zero-order valence-electron chi connectivity index (χ0n) is 12.6. The van der Waals surface area contributed by atoms with Gasteiger partial charge in [0.05, 0.1) is 18.1 Å². The number of anilines is 1. The van der Waals surface area contributed by atoms with Gasteiger partial charge in [-0.15, -0.1) is 0 Å². The lowest BCUT2D eigenvalue weighted by Crippen LogP contribution is -2.17. The molecule has 1 fully saturated rings. The van der Waals surface area contributed by atoms with Crippen molar-refractivity contribution in [1.82, 2.24) is 0 Å². The van der Waals surface area contributed by atoms with Crippen molar-refractivity contribution in [2.24, 2.45) is 11.3 Å². The van der Waals surface area contributed by atoms with Crippen LogP contribution < -0.4 is 5.32 Å². The van der Waals surface area contributed by atoms with E-state index in [0.29, 0.717) is 21.3 Å². The van der Waals surface area contributed by atoms with E-state index in [9.17, 15) is 15.3 Å². The predicted octanol–water partition coefficient (Wildman–Crippen LogP) is 5.14. The van der Waals surface area contributed by atoms with Crippen LogP contribution in [0.4, 0.5) is 5.69 Å². The molecule has 1 N–H and O–H groups in total. The molecule has 2 aromatic rings. The predicted molar refractivity (Wildman–Crippen MR) is 99.1 cm³/mol. The Morgan fingerprint density at radius 2 is 1.76 bits per heavy atom. The third-order valence-corrected chi connectivity index (χ3v) is 5.36. The molecule has 0 spiro atoms. The Kier molecular flexibility index (Phi) is 4.75. The van der Waals surface area contributed by atoms with Gasteiger partial charge in [-0.3, -0.25) is 4.79 Å². The van der Waals surface area contributed by atoms with Gasteiger partial charge in [0.15, 0.2) is 5.41 Å². The van der Waals surface area contributed by atoms with E-state index in [1.807, 2.05) is 12.1 Å². The minimum Gasteiger partial charge on any atom is -0.326 e. The maximum absolute atomic E-state index is 12.7. The monoisotopic (exact) mass is 433 g/mol. The number of nitriles is 2.